The van der Waals surface area contributed by atoms with Gasteiger partial charge in [-0.3, -0.25) is 9.88 Å². The van der Waals surface area contributed by atoms with Crippen molar-refractivity contribution in [1.82, 2.24) is 9.88 Å². The second-order valence-electron chi connectivity index (χ2n) is 5.27. The molecule has 1 aliphatic rings. The largest absolute Gasteiger partial charge is 0.393 e. The molecule has 18 heavy (non-hydrogen) atoms. The Morgan fingerprint density at radius 1 is 1.50 bits per heavy atom. The van der Waals surface area contributed by atoms with E-state index in [2.05, 4.69) is 22.9 Å². The molecule has 1 aromatic heterocycles. The van der Waals surface area contributed by atoms with Gasteiger partial charge in [0.15, 0.2) is 0 Å². The van der Waals surface area contributed by atoms with Crippen molar-refractivity contribution in [2.75, 3.05) is 13.1 Å². The van der Waals surface area contributed by atoms with Gasteiger partial charge in [0.05, 0.1) is 10.7 Å². The van der Waals surface area contributed by atoms with Crippen molar-refractivity contribution >= 4 is 17.2 Å². The number of rotatable bonds is 7. The van der Waals surface area contributed by atoms with Gasteiger partial charge in [0, 0.05) is 25.7 Å². The monoisotopic (exact) mass is 263 g/mol. The first kappa shape index (κ1) is 13.4. The van der Waals surface area contributed by atoms with E-state index in [9.17, 15) is 0 Å². The third kappa shape index (κ3) is 3.75. The maximum absolute atomic E-state index is 5.69. The fraction of sp³-hybridized carbons (Fsp3) is 0.571. The van der Waals surface area contributed by atoms with Crippen LogP contribution in [0.5, 0.6) is 0 Å². The molecular formula is C14H21N3S. The summed E-state index contributed by atoms with van der Waals surface area (Å²) in [5, 5.41) is 0. The first-order valence-electron chi connectivity index (χ1n) is 6.54. The predicted octanol–water partition coefficient (Wildman–Crippen LogP) is 2.36. The Morgan fingerprint density at radius 2 is 2.28 bits per heavy atom. The molecule has 0 radical (unpaired) electrons. The lowest BCUT2D eigenvalue weighted by atomic mass is 10.0. The summed E-state index contributed by atoms with van der Waals surface area (Å²) < 4.78 is 0. The number of hydrogen-bond donors (Lipinski definition) is 1. The number of nitrogens with zero attached hydrogens (tertiary/aromatic N) is 2. The van der Waals surface area contributed by atoms with E-state index in [4.69, 9.17) is 18.0 Å². The first-order valence-corrected chi connectivity index (χ1v) is 6.95. The summed E-state index contributed by atoms with van der Waals surface area (Å²) in [5.41, 5.74) is 7.18. The zero-order chi connectivity index (χ0) is 13.0. The van der Waals surface area contributed by atoms with Gasteiger partial charge in [-0.15, -0.1) is 0 Å². The first-order chi connectivity index (χ1) is 8.63. The van der Waals surface area contributed by atoms with Gasteiger partial charge in [0.1, 0.15) is 0 Å². The molecule has 1 saturated carbocycles. The highest BCUT2D eigenvalue weighted by atomic mass is 32.1. The van der Waals surface area contributed by atoms with Crippen LogP contribution >= 0.6 is 12.2 Å². The lowest BCUT2D eigenvalue weighted by Crippen LogP contribution is -2.32. The molecule has 0 unspecified atom stereocenters. The van der Waals surface area contributed by atoms with Crippen molar-refractivity contribution < 1.29 is 0 Å². The molecule has 0 bridgehead atoms. The van der Waals surface area contributed by atoms with Crippen LogP contribution in [-0.2, 0) is 6.54 Å². The molecule has 0 spiro atoms. The Balaban J connectivity index is 1.92. The highest BCUT2D eigenvalue weighted by Gasteiger charge is 2.43. The van der Waals surface area contributed by atoms with Gasteiger partial charge >= 0.3 is 0 Å². The molecule has 2 rings (SSSR count). The van der Waals surface area contributed by atoms with Gasteiger partial charge < -0.3 is 5.73 Å². The lowest BCUT2D eigenvalue weighted by molar-refractivity contribution is 0.222. The van der Waals surface area contributed by atoms with Gasteiger partial charge in [0.25, 0.3) is 0 Å². The van der Waals surface area contributed by atoms with Crippen LogP contribution in [0.4, 0.5) is 0 Å². The zero-order valence-electron chi connectivity index (χ0n) is 10.9. The normalized spacial score (nSPS) is 16.8. The van der Waals surface area contributed by atoms with E-state index in [0.29, 0.717) is 10.4 Å². The summed E-state index contributed by atoms with van der Waals surface area (Å²) >= 11 is 5.05. The highest BCUT2D eigenvalue weighted by molar-refractivity contribution is 7.80. The molecule has 4 heteroatoms. The summed E-state index contributed by atoms with van der Waals surface area (Å²) in [5.74, 6) is 0. The quantitative estimate of drug-likeness (QED) is 0.767. The van der Waals surface area contributed by atoms with E-state index in [-0.39, 0.29) is 0 Å². The number of thiocarbonyl (C=S) groups is 1. The molecule has 3 nitrogen and oxygen atoms in total. The molecule has 1 aliphatic carbocycles. The molecule has 0 aromatic carbocycles. The third-order valence-electron chi connectivity index (χ3n) is 3.62. The molecule has 1 fully saturated rings. The lowest BCUT2D eigenvalue weighted by Gasteiger charge is -2.25. The Morgan fingerprint density at radius 3 is 2.78 bits per heavy atom. The van der Waals surface area contributed by atoms with Crippen LogP contribution in [0, 0.1) is 5.41 Å². The Labute approximate surface area is 114 Å². The van der Waals surface area contributed by atoms with Crippen LogP contribution in [-0.4, -0.2) is 28.0 Å². The predicted molar refractivity (Wildman–Crippen MR) is 78.3 cm³/mol. The molecular weight excluding hydrogens is 242 g/mol. The SMILES string of the molecule is CCN(Cc1ccccn1)CC1(CC(N)=S)CC1. The number of aromatic nitrogens is 1. The minimum Gasteiger partial charge on any atom is -0.393 e. The maximum atomic E-state index is 5.69. The fourth-order valence-corrected chi connectivity index (χ4v) is 2.72. The number of nitrogens with two attached hydrogens (primary N) is 1. The van der Waals surface area contributed by atoms with Gasteiger partial charge in [-0.1, -0.05) is 25.2 Å². The van der Waals surface area contributed by atoms with Gasteiger partial charge in [0.2, 0.25) is 0 Å². The Hall–Kier alpha value is -1.00. The molecule has 2 N–H and O–H groups in total. The van der Waals surface area contributed by atoms with Crippen molar-refractivity contribution in [1.29, 1.82) is 0 Å². The topological polar surface area (TPSA) is 42.2 Å². The Kier molecular flexibility index (Phi) is 4.30. The molecule has 0 aliphatic heterocycles. The van der Waals surface area contributed by atoms with Crippen molar-refractivity contribution in [3.63, 3.8) is 0 Å². The van der Waals surface area contributed by atoms with Gasteiger partial charge in [-0.2, -0.15) is 0 Å². The minimum absolute atomic E-state index is 0.358. The summed E-state index contributed by atoms with van der Waals surface area (Å²) in [6.45, 7) is 5.23. The second-order valence-corrected chi connectivity index (χ2v) is 5.79. The second kappa shape index (κ2) is 5.76. The smallest absolute Gasteiger partial charge is 0.0733 e. The average molecular weight is 263 g/mol. The van der Waals surface area contributed by atoms with E-state index in [1.54, 1.807) is 0 Å². The van der Waals surface area contributed by atoms with Gasteiger partial charge in [-0.05, 0) is 36.9 Å². The Bertz CT molecular complexity index is 401. The number of hydrogen-bond acceptors (Lipinski definition) is 3. The van der Waals surface area contributed by atoms with Crippen molar-refractivity contribution in [2.45, 2.75) is 32.7 Å². The van der Waals surface area contributed by atoms with Crippen LogP contribution in [0.15, 0.2) is 24.4 Å². The van der Waals surface area contributed by atoms with Crippen molar-refractivity contribution in [3.8, 4) is 0 Å². The van der Waals surface area contributed by atoms with E-state index < -0.39 is 0 Å². The molecule has 1 heterocycles. The van der Waals surface area contributed by atoms with E-state index in [1.807, 2.05) is 18.3 Å². The third-order valence-corrected chi connectivity index (χ3v) is 3.77. The maximum Gasteiger partial charge on any atom is 0.0733 e. The van der Waals surface area contributed by atoms with Gasteiger partial charge in [-0.25, -0.2) is 0 Å². The molecule has 98 valence electrons. The van der Waals surface area contributed by atoms with Crippen molar-refractivity contribution in [3.05, 3.63) is 30.1 Å². The summed E-state index contributed by atoms with van der Waals surface area (Å²) in [6, 6.07) is 6.07. The summed E-state index contributed by atoms with van der Waals surface area (Å²) in [6.07, 6.45) is 5.25. The molecule has 0 amide bonds. The van der Waals surface area contributed by atoms with E-state index in [0.717, 1.165) is 31.7 Å². The van der Waals surface area contributed by atoms with Crippen LogP contribution in [0.2, 0.25) is 0 Å². The zero-order valence-corrected chi connectivity index (χ0v) is 11.7. The van der Waals surface area contributed by atoms with E-state index in [1.165, 1.54) is 12.8 Å². The van der Waals surface area contributed by atoms with Crippen LogP contribution in [0.25, 0.3) is 0 Å². The molecule has 0 saturated heterocycles. The van der Waals surface area contributed by atoms with Crippen LogP contribution in [0.3, 0.4) is 0 Å². The average Bonchev–Trinajstić information content (AvgIpc) is 3.08. The van der Waals surface area contributed by atoms with E-state index >= 15 is 0 Å². The van der Waals surface area contributed by atoms with Crippen LogP contribution < -0.4 is 5.73 Å². The number of pyridine rings is 1. The van der Waals surface area contributed by atoms with Crippen molar-refractivity contribution in [2.24, 2.45) is 11.1 Å². The summed E-state index contributed by atoms with van der Waals surface area (Å²) in [4.78, 5) is 7.48. The minimum atomic E-state index is 0.358. The van der Waals surface area contributed by atoms with Crippen LogP contribution in [0.1, 0.15) is 31.9 Å². The standard InChI is InChI=1S/C14H21N3S/c1-2-17(10-12-5-3-4-8-16-12)11-14(6-7-14)9-13(15)18/h3-5,8H,2,6-7,9-11H2,1H3,(H2,15,18). The fourth-order valence-electron chi connectivity index (χ4n) is 2.41. The molecule has 0 atom stereocenters. The summed E-state index contributed by atoms with van der Waals surface area (Å²) in [7, 11) is 0. The highest BCUT2D eigenvalue weighted by Crippen LogP contribution is 2.49. The molecule has 1 aromatic rings.